The summed E-state index contributed by atoms with van der Waals surface area (Å²) in [4.78, 5) is 17.4. The summed E-state index contributed by atoms with van der Waals surface area (Å²) in [7, 11) is 0. The fraction of sp³-hybridized carbons (Fsp3) is 0.294. The summed E-state index contributed by atoms with van der Waals surface area (Å²) in [6.45, 7) is 2.87. The van der Waals surface area contributed by atoms with E-state index in [2.05, 4.69) is 39.5 Å². The van der Waals surface area contributed by atoms with E-state index in [1.165, 1.54) is 11.8 Å². The molecular formula is C17H19N3O2. The van der Waals surface area contributed by atoms with Gasteiger partial charge in [0.1, 0.15) is 5.82 Å². The van der Waals surface area contributed by atoms with Crippen molar-refractivity contribution in [2.45, 2.75) is 6.42 Å². The zero-order chi connectivity index (χ0) is 15.4. The Balaban J connectivity index is 1.55. The number of para-hydroxylation sites is 1. The second-order valence-electron chi connectivity index (χ2n) is 5.53. The molecule has 1 aromatic heterocycles. The molecule has 1 aliphatic heterocycles. The van der Waals surface area contributed by atoms with Gasteiger partial charge in [-0.3, -0.25) is 0 Å². The van der Waals surface area contributed by atoms with Crippen molar-refractivity contribution in [3.05, 3.63) is 54.2 Å². The highest BCUT2D eigenvalue weighted by atomic mass is 16.4. The van der Waals surface area contributed by atoms with E-state index in [1.807, 2.05) is 6.07 Å². The van der Waals surface area contributed by atoms with Crippen molar-refractivity contribution in [3.8, 4) is 0 Å². The number of aromatic nitrogens is 1. The van der Waals surface area contributed by atoms with Crippen molar-refractivity contribution in [3.63, 3.8) is 0 Å². The lowest BCUT2D eigenvalue weighted by Crippen LogP contribution is -2.22. The summed E-state index contributed by atoms with van der Waals surface area (Å²) in [6.07, 6.45) is 1.13. The van der Waals surface area contributed by atoms with E-state index in [4.69, 9.17) is 5.11 Å². The molecule has 0 aliphatic carbocycles. The number of benzene rings is 1. The summed E-state index contributed by atoms with van der Waals surface area (Å²) in [5.41, 5.74) is 1.33. The first-order valence-electron chi connectivity index (χ1n) is 7.46. The van der Waals surface area contributed by atoms with Crippen LogP contribution in [0, 0.1) is 5.92 Å². The topological polar surface area (TPSA) is 65.5 Å². The first kappa shape index (κ1) is 14.4. The van der Waals surface area contributed by atoms with Crippen LogP contribution in [0.2, 0.25) is 0 Å². The van der Waals surface area contributed by atoms with E-state index in [9.17, 15) is 4.79 Å². The van der Waals surface area contributed by atoms with Crippen LogP contribution in [0.25, 0.3) is 0 Å². The molecule has 2 heterocycles. The number of hydrogen-bond acceptors (Lipinski definition) is 4. The van der Waals surface area contributed by atoms with Crippen LogP contribution in [0.3, 0.4) is 0 Å². The molecule has 1 atom stereocenters. The molecule has 0 radical (unpaired) electrons. The number of carboxylic acid groups (broad SMARTS) is 1. The van der Waals surface area contributed by atoms with Crippen LogP contribution in [0.1, 0.15) is 16.9 Å². The number of pyridine rings is 1. The third-order valence-electron chi connectivity index (χ3n) is 3.95. The van der Waals surface area contributed by atoms with Crippen molar-refractivity contribution < 1.29 is 9.90 Å². The van der Waals surface area contributed by atoms with Crippen LogP contribution in [0.15, 0.2) is 48.5 Å². The Kier molecular flexibility index (Phi) is 4.23. The maximum Gasteiger partial charge on any atom is 0.354 e. The summed E-state index contributed by atoms with van der Waals surface area (Å²) in [5, 5.41) is 12.2. The monoisotopic (exact) mass is 297 g/mol. The molecule has 1 fully saturated rings. The summed E-state index contributed by atoms with van der Waals surface area (Å²) in [5.74, 6) is 0.160. The van der Waals surface area contributed by atoms with Crippen LogP contribution >= 0.6 is 0 Å². The molecule has 5 heteroatoms. The minimum absolute atomic E-state index is 0.0716. The molecule has 2 N–H and O–H groups in total. The Labute approximate surface area is 129 Å². The molecule has 0 spiro atoms. The normalized spacial score (nSPS) is 17.5. The highest BCUT2D eigenvalue weighted by Crippen LogP contribution is 2.23. The molecule has 1 unspecified atom stereocenters. The second kappa shape index (κ2) is 6.47. The average molecular weight is 297 g/mol. The molecule has 1 aromatic carbocycles. The largest absolute Gasteiger partial charge is 0.477 e. The molecule has 1 aliphatic rings. The van der Waals surface area contributed by atoms with Crippen molar-refractivity contribution in [2.75, 3.05) is 29.9 Å². The van der Waals surface area contributed by atoms with E-state index in [0.717, 1.165) is 26.1 Å². The van der Waals surface area contributed by atoms with Gasteiger partial charge in [-0.1, -0.05) is 24.3 Å². The number of nitrogens with one attached hydrogen (secondary N) is 1. The zero-order valence-corrected chi connectivity index (χ0v) is 12.3. The number of nitrogens with zero attached hydrogens (tertiary/aromatic N) is 2. The number of hydrogen-bond donors (Lipinski definition) is 2. The average Bonchev–Trinajstić information content (AvgIpc) is 3.03. The lowest BCUT2D eigenvalue weighted by atomic mass is 10.1. The number of aromatic carboxylic acids is 1. The minimum Gasteiger partial charge on any atom is -0.477 e. The quantitative estimate of drug-likeness (QED) is 0.888. The van der Waals surface area contributed by atoms with Crippen molar-refractivity contribution in [1.29, 1.82) is 0 Å². The third-order valence-corrected chi connectivity index (χ3v) is 3.95. The Morgan fingerprint density at radius 1 is 1.23 bits per heavy atom. The first-order chi connectivity index (χ1) is 10.7. The maximum absolute atomic E-state index is 10.9. The van der Waals surface area contributed by atoms with Gasteiger partial charge in [0.2, 0.25) is 0 Å². The van der Waals surface area contributed by atoms with Crippen molar-refractivity contribution in [1.82, 2.24) is 4.98 Å². The third kappa shape index (κ3) is 3.36. The minimum atomic E-state index is -1.00. The van der Waals surface area contributed by atoms with Gasteiger partial charge in [-0.25, -0.2) is 9.78 Å². The van der Waals surface area contributed by atoms with Crippen molar-refractivity contribution >= 4 is 17.5 Å². The predicted octanol–water partition coefficient (Wildman–Crippen LogP) is 2.72. The molecule has 3 rings (SSSR count). The Bertz CT molecular complexity index is 645. The van der Waals surface area contributed by atoms with Gasteiger partial charge in [0, 0.05) is 25.3 Å². The predicted molar refractivity (Wildman–Crippen MR) is 86.4 cm³/mol. The SMILES string of the molecule is O=C(O)c1cccc(NCC2CCN(c3ccccc3)C2)n1. The first-order valence-corrected chi connectivity index (χ1v) is 7.46. The standard InChI is InChI=1S/C17H19N3O2/c21-17(22)15-7-4-8-16(19-15)18-11-13-9-10-20(12-13)14-5-2-1-3-6-14/h1-8,13H,9-12H2,(H,18,19)(H,21,22). The molecule has 22 heavy (non-hydrogen) atoms. The van der Waals surface area contributed by atoms with Crippen molar-refractivity contribution in [2.24, 2.45) is 5.92 Å². The molecular weight excluding hydrogens is 278 g/mol. The van der Waals surface area contributed by atoms with E-state index in [-0.39, 0.29) is 5.69 Å². The molecule has 2 aromatic rings. The summed E-state index contributed by atoms with van der Waals surface area (Å²) in [6, 6.07) is 15.4. The number of rotatable bonds is 5. The van der Waals surface area contributed by atoms with Gasteiger partial charge in [-0.15, -0.1) is 0 Å². The lowest BCUT2D eigenvalue weighted by Gasteiger charge is -2.18. The van der Waals surface area contributed by atoms with Gasteiger partial charge in [0.25, 0.3) is 0 Å². The summed E-state index contributed by atoms with van der Waals surface area (Å²) < 4.78 is 0. The van der Waals surface area contributed by atoms with Gasteiger partial charge >= 0.3 is 5.97 Å². The van der Waals surface area contributed by atoms with Gasteiger partial charge in [0.15, 0.2) is 5.69 Å². The Morgan fingerprint density at radius 2 is 2.05 bits per heavy atom. The van der Waals surface area contributed by atoms with Crippen LogP contribution in [0.4, 0.5) is 11.5 Å². The molecule has 0 amide bonds. The molecule has 5 nitrogen and oxygen atoms in total. The van der Waals surface area contributed by atoms with Crippen LogP contribution in [-0.2, 0) is 0 Å². The van der Waals surface area contributed by atoms with Crippen LogP contribution in [0.5, 0.6) is 0 Å². The second-order valence-corrected chi connectivity index (χ2v) is 5.53. The lowest BCUT2D eigenvalue weighted by molar-refractivity contribution is 0.0690. The molecule has 1 saturated heterocycles. The van der Waals surface area contributed by atoms with Gasteiger partial charge in [0.05, 0.1) is 0 Å². The number of carbonyl (C=O) groups is 1. The Hall–Kier alpha value is -2.56. The van der Waals surface area contributed by atoms with E-state index < -0.39 is 5.97 Å². The molecule has 0 bridgehead atoms. The fourth-order valence-electron chi connectivity index (χ4n) is 2.77. The van der Waals surface area contributed by atoms with Gasteiger partial charge < -0.3 is 15.3 Å². The van der Waals surface area contributed by atoms with E-state index >= 15 is 0 Å². The number of carboxylic acids is 1. The maximum atomic E-state index is 10.9. The van der Waals surface area contributed by atoms with Gasteiger partial charge in [-0.2, -0.15) is 0 Å². The summed E-state index contributed by atoms with van der Waals surface area (Å²) >= 11 is 0. The zero-order valence-electron chi connectivity index (χ0n) is 12.3. The van der Waals surface area contributed by atoms with Crippen LogP contribution in [-0.4, -0.2) is 35.7 Å². The Morgan fingerprint density at radius 3 is 2.82 bits per heavy atom. The molecule has 114 valence electrons. The smallest absolute Gasteiger partial charge is 0.354 e. The number of anilines is 2. The van der Waals surface area contributed by atoms with E-state index in [1.54, 1.807) is 12.1 Å². The highest BCUT2D eigenvalue weighted by Gasteiger charge is 2.22. The van der Waals surface area contributed by atoms with Gasteiger partial charge in [-0.05, 0) is 36.6 Å². The fourth-order valence-corrected chi connectivity index (χ4v) is 2.77. The molecule has 0 saturated carbocycles. The van der Waals surface area contributed by atoms with E-state index in [0.29, 0.717) is 11.7 Å². The highest BCUT2D eigenvalue weighted by molar-refractivity contribution is 5.85. The van der Waals surface area contributed by atoms with Crippen LogP contribution < -0.4 is 10.2 Å².